The minimum absolute atomic E-state index is 0.118. The fourth-order valence-corrected chi connectivity index (χ4v) is 2.90. The molecule has 0 amide bonds. The van der Waals surface area contributed by atoms with Crippen LogP contribution in [0, 0.1) is 5.82 Å². The molecule has 0 fully saturated rings. The molecule has 0 saturated carbocycles. The molecule has 0 radical (unpaired) electrons. The first kappa shape index (κ1) is 15.8. The van der Waals surface area contributed by atoms with Crippen LogP contribution in [0.4, 0.5) is 10.1 Å². The Morgan fingerprint density at radius 3 is 2.32 bits per heavy atom. The van der Waals surface area contributed by atoms with E-state index in [2.05, 4.69) is 9.44 Å². The predicted octanol–water partition coefficient (Wildman–Crippen LogP) is -0.765. The Kier molecular flexibility index (Phi) is 4.85. The van der Waals surface area contributed by atoms with E-state index in [0.717, 1.165) is 18.4 Å². The number of nitrogens with two attached hydrogens (primary N) is 1. The first-order chi connectivity index (χ1) is 8.63. The fraction of sp³-hybridized carbons (Fsp3) is 0.333. The maximum atomic E-state index is 13.1. The summed E-state index contributed by atoms with van der Waals surface area (Å²) in [5.41, 5.74) is 4.86. The Morgan fingerprint density at radius 1 is 1.16 bits per heavy atom. The average molecular weight is 311 g/mol. The number of halogens is 1. The van der Waals surface area contributed by atoms with Crippen LogP contribution < -0.4 is 15.2 Å². The summed E-state index contributed by atoms with van der Waals surface area (Å²) in [4.78, 5) is -0.383. The lowest BCUT2D eigenvalue weighted by Crippen LogP contribution is -2.34. The largest absolute Gasteiger partial charge is 0.395 e. The molecule has 1 aromatic carbocycles. The van der Waals surface area contributed by atoms with Gasteiger partial charge in [-0.05, 0) is 12.1 Å². The highest BCUT2D eigenvalue weighted by Gasteiger charge is 2.18. The summed E-state index contributed by atoms with van der Waals surface area (Å²) in [5.74, 6) is -0.836. The van der Waals surface area contributed by atoms with Crippen molar-refractivity contribution in [1.82, 2.24) is 9.44 Å². The van der Waals surface area contributed by atoms with E-state index in [4.69, 9.17) is 5.73 Å². The molecule has 0 aliphatic carbocycles. The minimum atomic E-state index is -3.98. The number of rotatable bonds is 6. The Labute approximate surface area is 111 Å². The van der Waals surface area contributed by atoms with Gasteiger partial charge in [0, 0.05) is 13.1 Å². The molecule has 0 unspecified atom stereocenters. The van der Waals surface area contributed by atoms with Crippen molar-refractivity contribution in [3.8, 4) is 0 Å². The van der Waals surface area contributed by atoms with Gasteiger partial charge in [0.05, 0.1) is 11.9 Å². The van der Waals surface area contributed by atoms with E-state index < -0.39 is 31.6 Å². The maximum absolute atomic E-state index is 13.1. The van der Waals surface area contributed by atoms with E-state index in [1.807, 2.05) is 0 Å². The molecular weight excluding hydrogens is 297 g/mol. The molecule has 0 aromatic heterocycles. The van der Waals surface area contributed by atoms with Crippen LogP contribution in [-0.4, -0.2) is 36.2 Å². The fourth-order valence-electron chi connectivity index (χ4n) is 1.25. The van der Waals surface area contributed by atoms with Gasteiger partial charge in [0.15, 0.2) is 0 Å². The molecule has 10 heteroatoms. The number of sulfonamides is 2. The average Bonchev–Trinajstić information content (AvgIpc) is 2.27. The topological polar surface area (TPSA) is 118 Å². The Morgan fingerprint density at radius 2 is 1.74 bits per heavy atom. The molecule has 1 aromatic rings. The molecule has 0 aliphatic heterocycles. The van der Waals surface area contributed by atoms with Gasteiger partial charge in [0.25, 0.3) is 0 Å². The highest BCUT2D eigenvalue weighted by atomic mass is 32.2. The number of hydrogen-bond donors (Lipinski definition) is 3. The van der Waals surface area contributed by atoms with Gasteiger partial charge in [-0.25, -0.2) is 30.7 Å². The second-order valence-electron chi connectivity index (χ2n) is 3.72. The third-order valence-corrected chi connectivity index (χ3v) is 4.33. The Bertz CT molecular complexity index is 658. The van der Waals surface area contributed by atoms with Gasteiger partial charge < -0.3 is 5.73 Å². The molecule has 19 heavy (non-hydrogen) atoms. The van der Waals surface area contributed by atoms with Crippen LogP contribution in [-0.2, 0) is 20.0 Å². The summed E-state index contributed by atoms with van der Waals surface area (Å²) in [6.07, 6.45) is 0.950. The molecule has 4 N–H and O–H groups in total. The van der Waals surface area contributed by atoms with E-state index in [1.165, 1.54) is 6.07 Å². The monoisotopic (exact) mass is 311 g/mol. The van der Waals surface area contributed by atoms with E-state index >= 15 is 0 Å². The molecule has 1 rings (SSSR count). The molecule has 7 nitrogen and oxygen atoms in total. The van der Waals surface area contributed by atoms with Crippen molar-refractivity contribution >= 4 is 25.7 Å². The summed E-state index contributed by atoms with van der Waals surface area (Å²) in [6, 6.07) is 3.42. The van der Waals surface area contributed by atoms with Crippen LogP contribution in [0.15, 0.2) is 23.1 Å². The number of anilines is 1. The molecule has 0 spiro atoms. The molecular formula is C9H14FN3O4S2. The van der Waals surface area contributed by atoms with Gasteiger partial charge in [-0.15, -0.1) is 0 Å². The summed E-state index contributed by atoms with van der Waals surface area (Å²) < 4.78 is 62.5. The molecule has 0 atom stereocenters. The van der Waals surface area contributed by atoms with Gasteiger partial charge in [0.2, 0.25) is 20.0 Å². The van der Waals surface area contributed by atoms with E-state index in [1.54, 1.807) is 0 Å². The Balaban J connectivity index is 2.74. The summed E-state index contributed by atoms with van der Waals surface area (Å²) in [7, 11) is -7.37. The van der Waals surface area contributed by atoms with Gasteiger partial charge in [-0.3, -0.25) is 0 Å². The highest BCUT2D eigenvalue weighted by molar-refractivity contribution is 7.89. The van der Waals surface area contributed by atoms with Crippen molar-refractivity contribution in [2.24, 2.45) is 0 Å². The zero-order valence-electron chi connectivity index (χ0n) is 10.1. The quantitative estimate of drug-likeness (QED) is 0.471. The molecule has 108 valence electrons. The van der Waals surface area contributed by atoms with E-state index in [9.17, 15) is 21.2 Å². The zero-order chi connectivity index (χ0) is 14.7. The van der Waals surface area contributed by atoms with Crippen molar-refractivity contribution in [1.29, 1.82) is 0 Å². The lowest BCUT2D eigenvalue weighted by atomic mass is 10.3. The highest BCUT2D eigenvalue weighted by Crippen LogP contribution is 2.20. The van der Waals surface area contributed by atoms with Crippen LogP contribution in [0.25, 0.3) is 0 Å². The van der Waals surface area contributed by atoms with E-state index in [-0.39, 0.29) is 18.0 Å². The smallest absolute Gasteiger partial charge is 0.242 e. The molecule has 0 saturated heterocycles. The van der Waals surface area contributed by atoms with E-state index in [0.29, 0.717) is 0 Å². The number of para-hydroxylation sites is 1. The molecule has 0 bridgehead atoms. The van der Waals surface area contributed by atoms with Crippen LogP contribution in [0.1, 0.15) is 0 Å². The normalized spacial score (nSPS) is 12.5. The Hall–Kier alpha value is -1.23. The standard InChI is InChI=1S/C9H14FN3O4S2/c1-18(14,15)12-5-6-13-19(16,17)8-4-2-3-7(10)9(8)11/h2-4,12-13H,5-6,11H2,1H3. The van der Waals surface area contributed by atoms with Gasteiger partial charge in [0.1, 0.15) is 10.7 Å². The number of benzene rings is 1. The third kappa shape index (κ3) is 4.74. The molecule has 0 aliphatic rings. The van der Waals surface area contributed by atoms with Crippen molar-refractivity contribution < 1.29 is 21.2 Å². The summed E-state index contributed by atoms with van der Waals surface area (Å²) in [6.45, 7) is -0.293. The summed E-state index contributed by atoms with van der Waals surface area (Å²) in [5, 5.41) is 0. The van der Waals surface area contributed by atoms with Crippen LogP contribution >= 0.6 is 0 Å². The van der Waals surface area contributed by atoms with Crippen LogP contribution in [0.2, 0.25) is 0 Å². The van der Waals surface area contributed by atoms with Gasteiger partial charge in [-0.1, -0.05) is 6.07 Å². The van der Waals surface area contributed by atoms with Crippen LogP contribution in [0.5, 0.6) is 0 Å². The second-order valence-corrected chi connectivity index (χ2v) is 7.28. The van der Waals surface area contributed by atoms with Crippen molar-refractivity contribution in [2.75, 3.05) is 25.1 Å². The van der Waals surface area contributed by atoms with Crippen LogP contribution in [0.3, 0.4) is 0 Å². The minimum Gasteiger partial charge on any atom is -0.395 e. The predicted molar refractivity (Wildman–Crippen MR) is 68.8 cm³/mol. The molecule has 0 heterocycles. The van der Waals surface area contributed by atoms with Gasteiger partial charge in [-0.2, -0.15) is 0 Å². The first-order valence-corrected chi connectivity index (χ1v) is 8.49. The second kappa shape index (κ2) is 5.82. The third-order valence-electron chi connectivity index (χ3n) is 2.08. The summed E-state index contributed by atoms with van der Waals surface area (Å²) >= 11 is 0. The lowest BCUT2D eigenvalue weighted by Gasteiger charge is -2.09. The van der Waals surface area contributed by atoms with Gasteiger partial charge >= 0.3 is 0 Å². The number of nitrogens with one attached hydrogen (secondary N) is 2. The van der Waals surface area contributed by atoms with Crippen molar-refractivity contribution in [3.05, 3.63) is 24.0 Å². The van der Waals surface area contributed by atoms with Crippen molar-refractivity contribution in [2.45, 2.75) is 4.90 Å². The maximum Gasteiger partial charge on any atom is 0.242 e. The number of nitrogen functional groups attached to an aromatic ring is 1. The first-order valence-electron chi connectivity index (χ1n) is 5.12. The zero-order valence-corrected chi connectivity index (χ0v) is 11.7. The number of hydrogen-bond acceptors (Lipinski definition) is 5. The van der Waals surface area contributed by atoms with Crippen molar-refractivity contribution in [3.63, 3.8) is 0 Å². The SMILES string of the molecule is CS(=O)(=O)NCCNS(=O)(=O)c1cccc(F)c1N. The lowest BCUT2D eigenvalue weighted by molar-refractivity contribution is 0.572.